The number of hydrogen-bond donors (Lipinski definition) is 0. The van der Waals surface area contributed by atoms with Crippen molar-refractivity contribution in [2.45, 2.75) is 39.2 Å². The second-order valence-corrected chi connectivity index (χ2v) is 4.09. The fourth-order valence-electron chi connectivity index (χ4n) is 1.56. The van der Waals surface area contributed by atoms with E-state index in [1.165, 1.54) is 0 Å². The van der Waals surface area contributed by atoms with Crippen LogP contribution in [0, 0.1) is 0 Å². The van der Waals surface area contributed by atoms with E-state index in [9.17, 15) is 9.59 Å². The highest BCUT2D eigenvalue weighted by Gasteiger charge is 2.28. The third-order valence-corrected chi connectivity index (χ3v) is 2.41. The van der Waals surface area contributed by atoms with Gasteiger partial charge in [-0.05, 0) is 26.7 Å². The van der Waals surface area contributed by atoms with Crippen LogP contribution in [-0.2, 0) is 14.3 Å². The topological polar surface area (TPSA) is 46.6 Å². The van der Waals surface area contributed by atoms with Gasteiger partial charge < -0.3 is 9.64 Å². The highest BCUT2D eigenvalue weighted by Crippen LogP contribution is 2.07. The first-order valence-electron chi connectivity index (χ1n) is 5.55. The molecule has 15 heavy (non-hydrogen) atoms. The summed E-state index contributed by atoms with van der Waals surface area (Å²) in [6, 6.07) is 0. The zero-order valence-corrected chi connectivity index (χ0v) is 9.49. The van der Waals surface area contributed by atoms with Crippen LogP contribution in [0.5, 0.6) is 0 Å². The normalized spacial score (nSPS) is 16.9. The highest BCUT2D eigenvalue weighted by atomic mass is 16.5. The molecule has 0 aliphatic carbocycles. The van der Waals surface area contributed by atoms with Crippen LogP contribution in [0.15, 0.2) is 0 Å². The molecular weight excluding hydrogens is 194 g/mol. The van der Waals surface area contributed by atoms with Crippen molar-refractivity contribution in [2.75, 3.05) is 19.7 Å². The van der Waals surface area contributed by atoms with E-state index in [-0.39, 0.29) is 17.8 Å². The Morgan fingerprint density at radius 1 is 1.33 bits per heavy atom. The van der Waals surface area contributed by atoms with E-state index >= 15 is 0 Å². The van der Waals surface area contributed by atoms with E-state index in [4.69, 9.17) is 4.74 Å². The largest absolute Gasteiger partial charge is 0.379 e. The first-order chi connectivity index (χ1) is 7.11. The van der Waals surface area contributed by atoms with Gasteiger partial charge in [-0.25, -0.2) is 0 Å². The summed E-state index contributed by atoms with van der Waals surface area (Å²) < 4.78 is 5.38. The predicted octanol–water partition coefficient (Wildman–Crippen LogP) is 0.993. The lowest BCUT2D eigenvalue weighted by atomic mass is 10.3. The number of amides is 1. The number of carbonyl (C=O) groups is 2. The van der Waals surface area contributed by atoms with E-state index in [1.807, 2.05) is 13.8 Å². The van der Waals surface area contributed by atoms with Crippen LogP contribution in [0.1, 0.15) is 33.1 Å². The van der Waals surface area contributed by atoms with Gasteiger partial charge in [-0.3, -0.25) is 9.59 Å². The third kappa shape index (κ3) is 4.00. The third-order valence-electron chi connectivity index (χ3n) is 2.41. The maximum absolute atomic E-state index is 11.2. The van der Waals surface area contributed by atoms with Gasteiger partial charge in [-0.1, -0.05) is 0 Å². The molecule has 86 valence electrons. The van der Waals surface area contributed by atoms with Crippen molar-refractivity contribution in [3.05, 3.63) is 0 Å². The zero-order chi connectivity index (χ0) is 11.3. The van der Waals surface area contributed by atoms with Crippen LogP contribution in [0.4, 0.5) is 0 Å². The Labute approximate surface area is 90.6 Å². The van der Waals surface area contributed by atoms with Gasteiger partial charge in [-0.15, -0.1) is 0 Å². The van der Waals surface area contributed by atoms with E-state index < -0.39 is 0 Å². The van der Waals surface area contributed by atoms with Crippen molar-refractivity contribution in [1.82, 2.24) is 4.90 Å². The second-order valence-electron chi connectivity index (χ2n) is 4.09. The highest BCUT2D eigenvalue weighted by molar-refractivity contribution is 6.37. The average molecular weight is 213 g/mol. The van der Waals surface area contributed by atoms with E-state index in [0.717, 1.165) is 19.4 Å². The summed E-state index contributed by atoms with van der Waals surface area (Å²) in [7, 11) is 0. The maximum atomic E-state index is 11.2. The molecule has 1 aliphatic heterocycles. The van der Waals surface area contributed by atoms with Gasteiger partial charge in [0, 0.05) is 26.1 Å². The first-order valence-corrected chi connectivity index (χ1v) is 5.55. The van der Waals surface area contributed by atoms with Gasteiger partial charge in [-0.2, -0.15) is 0 Å². The molecule has 1 amide bonds. The monoisotopic (exact) mass is 213 g/mol. The molecule has 0 spiro atoms. The number of ketones is 1. The molecule has 0 aromatic carbocycles. The lowest BCUT2D eigenvalue weighted by Crippen LogP contribution is -2.28. The molecule has 0 aromatic heterocycles. The summed E-state index contributed by atoms with van der Waals surface area (Å²) in [5.41, 5.74) is 0. The summed E-state index contributed by atoms with van der Waals surface area (Å²) in [5.74, 6) is -0.548. The molecular formula is C11H19NO3. The number of ether oxygens (including phenoxy) is 1. The van der Waals surface area contributed by atoms with Crippen molar-refractivity contribution >= 4 is 11.7 Å². The zero-order valence-electron chi connectivity index (χ0n) is 9.49. The minimum Gasteiger partial charge on any atom is -0.379 e. The molecule has 0 saturated carbocycles. The Balaban J connectivity index is 2.06. The Morgan fingerprint density at radius 2 is 2.07 bits per heavy atom. The molecule has 0 radical (unpaired) electrons. The Kier molecular flexibility index (Phi) is 4.75. The standard InChI is InChI=1S/C11H19NO3/c1-9(2)15-8-4-3-6-12-7-5-10(13)11(12)14/h9H,3-8H2,1-2H3. The maximum Gasteiger partial charge on any atom is 0.290 e. The molecule has 0 unspecified atom stereocenters. The van der Waals surface area contributed by atoms with Crippen molar-refractivity contribution < 1.29 is 14.3 Å². The Morgan fingerprint density at radius 3 is 2.60 bits per heavy atom. The van der Waals surface area contributed by atoms with E-state index in [1.54, 1.807) is 4.90 Å². The fourth-order valence-corrected chi connectivity index (χ4v) is 1.56. The van der Waals surface area contributed by atoms with Crippen LogP contribution in [-0.4, -0.2) is 42.4 Å². The van der Waals surface area contributed by atoms with Gasteiger partial charge >= 0.3 is 0 Å². The molecule has 0 N–H and O–H groups in total. The van der Waals surface area contributed by atoms with E-state index in [2.05, 4.69) is 0 Å². The number of carbonyl (C=O) groups excluding carboxylic acids is 2. The number of unbranched alkanes of at least 4 members (excludes halogenated alkanes) is 1. The minimum absolute atomic E-state index is 0.242. The Bertz CT molecular complexity index is 238. The van der Waals surface area contributed by atoms with Gasteiger partial charge in [0.2, 0.25) is 5.78 Å². The smallest absolute Gasteiger partial charge is 0.290 e. The van der Waals surface area contributed by atoms with Gasteiger partial charge in [0.1, 0.15) is 0 Å². The number of nitrogens with zero attached hydrogens (tertiary/aromatic N) is 1. The SMILES string of the molecule is CC(C)OCCCCN1CCC(=O)C1=O. The number of likely N-dealkylation sites (tertiary alicyclic amines) is 1. The summed E-state index contributed by atoms with van der Waals surface area (Å²) in [5, 5.41) is 0. The van der Waals surface area contributed by atoms with Crippen LogP contribution >= 0.6 is 0 Å². The number of hydrogen-bond acceptors (Lipinski definition) is 3. The molecule has 0 atom stereocenters. The molecule has 1 saturated heterocycles. The molecule has 1 heterocycles. The fraction of sp³-hybridized carbons (Fsp3) is 0.818. The molecule has 0 aromatic rings. The molecule has 0 bridgehead atoms. The van der Waals surface area contributed by atoms with E-state index in [0.29, 0.717) is 19.5 Å². The molecule has 1 fully saturated rings. The molecule has 4 nitrogen and oxygen atoms in total. The minimum atomic E-state index is -0.306. The van der Waals surface area contributed by atoms with Gasteiger partial charge in [0.25, 0.3) is 5.91 Å². The quantitative estimate of drug-likeness (QED) is 0.488. The summed E-state index contributed by atoms with van der Waals surface area (Å²) >= 11 is 0. The van der Waals surface area contributed by atoms with Gasteiger partial charge in [0.15, 0.2) is 0 Å². The molecule has 1 aliphatic rings. The van der Waals surface area contributed by atoms with Crippen LogP contribution in [0.2, 0.25) is 0 Å². The van der Waals surface area contributed by atoms with Gasteiger partial charge in [0.05, 0.1) is 6.10 Å². The molecule has 1 rings (SSSR count). The summed E-state index contributed by atoms with van der Waals surface area (Å²) in [6.45, 7) is 6.02. The van der Waals surface area contributed by atoms with Crippen molar-refractivity contribution in [1.29, 1.82) is 0 Å². The van der Waals surface area contributed by atoms with Crippen molar-refractivity contribution in [3.8, 4) is 0 Å². The Hall–Kier alpha value is -0.900. The van der Waals surface area contributed by atoms with Crippen molar-refractivity contribution in [3.63, 3.8) is 0 Å². The molecule has 4 heteroatoms. The average Bonchev–Trinajstić information content (AvgIpc) is 2.48. The summed E-state index contributed by atoms with van der Waals surface area (Å²) in [6.07, 6.45) is 2.50. The number of rotatable bonds is 6. The number of Topliss-reactive ketones (excluding diaryl/α,β-unsaturated/α-hetero) is 1. The summed E-state index contributed by atoms with van der Waals surface area (Å²) in [4.78, 5) is 23.8. The van der Waals surface area contributed by atoms with Crippen molar-refractivity contribution in [2.24, 2.45) is 0 Å². The lowest BCUT2D eigenvalue weighted by Gasteiger charge is -2.14. The predicted molar refractivity (Wildman–Crippen MR) is 56.5 cm³/mol. The van der Waals surface area contributed by atoms with Crippen LogP contribution in [0.25, 0.3) is 0 Å². The van der Waals surface area contributed by atoms with Crippen LogP contribution in [0.3, 0.4) is 0 Å². The van der Waals surface area contributed by atoms with Crippen LogP contribution < -0.4 is 0 Å². The lowest BCUT2D eigenvalue weighted by molar-refractivity contribution is -0.140. The second kappa shape index (κ2) is 5.85. The first kappa shape index (κ1) is 12.2.